The topological polar surface area (TPSA) is 61.7 Å². The van der Waals surface area contributed by atoms with Crippen molar-refractivity contribution < 1.29 is 14.9 Å². The van der Waals surface area contributed by atoms with Crippen LogP contribution < -0.4 is 10.1 Å². The van der Waals surface area contributed by atoms with Crippen molar-refractivity contribution in [3.8, 4) is 5.75 Å². The number of nitrogens with one attached hydrogen (secondary N) is 1. The highest BCUT2D eigenvalue weighted by Gasteiger charge is 2.10. The summed E-state index contributed by atoms with van der Waals surface area (Å²) in [5.74, 6) is 0.933. The molecule has 1 unspecified atom stereocenters. The number of rotatable bonds is 7. The molecule has 0 aromatic heterocycles. The normalized spacial score (nSPS) is 12.5. The fourth-order valence-corrected chi connectivity index (χ4v) is 2.24. The van der Waals surface area contributed by atoms with Crippen LogP contribution in [0.3, 0.4) is 0 Å². The molecule has 19 heavy (non-hydrogen) atoms. The van der Waals surface area contributed by atoms with E-state index >= 15 is 0 Å². The summed E-state index contributed by atoms with van der Waals surface area (Å²) in [6.07, 6.45) is 0.223. The Labute approximate surface area is 115 Å². The first kappa shape index (κ1) is 16.0. The summed E-state index contributed by atoms with van der Waals surface area (Å²) >= 11 is 0. The second kappa shape index (κ2) is 7.48. The number of hydrogen-bond donors (Lipinski definition) is 3. The van der Waals surface area contributed by atoms with Gasteiger partial charge in [0.25, 0.3) is 0 Å². The first-order valence-corrected chi connectivity index (χ1v) is 6.64. The number of aryl methyl sites for hydroxylation is 1. The molecule has 0 fully saturated rings. The highest BCUT2D eigenvalue weighted by Crippen LogP contribution is 2.27. The maximum absolute atomic E-state index is 9.25. The van der Waals surface area contributed by atoms with Gasteiger partial charge in [0.15, 0.2) is 0 Å². The number of aliphatic hydroxyl groups excluding tert-OH is 2. The second-order valence-electron chi connectivity index (χ2n) is 4.91. The number of aliphatic hydroxyl groups is 2. The Hall–Kier alpha value is -1.10. The van der Waals surface area contributed by atoms with Gasteiger partial charge >= 0.3 is 0 Å². The molecular formula is C15H25NO3. The molecule has 1 rings (SSSR count). The third-order valence-electron chi connectivity index (χ3n) is 3.57. The van der Waals surface area contributed by atoms with Crippen LogP contribution in [0, 0.1) is 20.8 Å². The molecular weight excluding hydrogens is 242 g/mol. The molecule has 1 aromatic rings. The third kappa shape index (κ3) is 4.20. The molecule has 1 atom stereocenters. The van der Waals surface area contributed by atoms with Crippen LogP contribution in [-0.2, 0) is 6.42 Å². The van der Waals surface area contributed by atoms with Crippen LogP contribution in [0.1, 0.15) is 22.3 Å². The fraction of sp³-hybridized carbons (Fsp3) is 0.600. The highest BCUT2D eigenvalue weighted by molar-refractivity contribution is 5.48. The molecule has 4 heteroatoms. The van der Waals surface area contributed by atoms with Crippen molar-refractivity contribution >= 4 is 0 Å². The number of ether oxygens (including phenoxy) is 1. The van der Waals surface area contributed by atoms with Crippen molar-refractivity contribution in [1.29, 1.82) is 0 Å². The van der Waals surface area contributed by atoms with Crippen LogP contribution in [0.15, 0.2) is 6.07 Å². The SMILES string of the molecule is COc1cc(C)c(CCNCC(O)CO)c(C)c1C. The zero-order valence-electron chi connectivity index (χ0n) is 12.3. The summed E-state index contributed by atoms with van der Waals surface area (Å²) in [5, 5.41) is 21.1. The van der Waals surface area contributed by atoms with Crippen molar-refractivity contribution in [2.45, 2.75) is 33.3 Å². The van der Waals surface area contributed by atoms with Crippen LogP contribution in [-0.4, -0.2) is 43.1 Å². The summed E-state index contributed by atoms with van der Waals surface area (Å²) in [6.45, 7) is 7.27. The lowest BCUT2D eigenvalue weighted by atomic mass is 9.95. The lowest BCUT2D eigenvalue weighted by Gasteiger charge is -2.16. The van der Waals surface area contributed by atoms with Gasteiger partial charge < -0.3 is 20.3 Å². The Bertz CT molecular complexity index is 418. The van der Waals surface area contributed by atoms with Crippen molar-refractivity contribution in [2.75, 3.05) is 26.8 Å². The number of benzene rings is 1. The monoisotopic (exact) mass is 267 g/mol. The van der Waals surface area contributed by atoms with Crippen LogP contribution in [0.5, 0.6) is 5.75 Å². The van der Waals surface area contributed by atoms with Gasteiger partial charge in [-0.05, 0) is 62.1 Å². The van der Waals surface area contributed by atoms with E-state index in [0.29, 0.717) is 6.54 Å². The Balaban J connectivity index is 2.66. The summed E-state index contributed by atoms with van der Waals surface area (Å²) in [4.78, 5) is 0. The van der Waals surface area contributed by atoms with E-state index in [4.69, 9.17) is 9.84 Å². The molecule has 0 aliphatic carbocycles. The Morgan fingerprint density at radius 1 is 1.26 bits per heavy atom. The lowest BCUT2D eigenvalue weighted by Crippen LogP contribution is -2.30. The molecule has 0 heterocycles. The largest absolute Gasteiger partial charge is 0.496 e. The molecule has 0 bridgehead atoms. The quantitative estimate of drug-likeness (QED) is 0.648. The van der Waals surface area contributed by atoms with Gasteiger partial charge in [-0.15, -0.1) is 0 Å². The van der Waals surface area contributed by atoms with Gasteiger partial charge in [0.05, 0.1) is 19.8 Å². The van der Waals surface area contributed by atoms with Gasteiger partial charge in [-0.3, -0.25) is 0 Å². The van der Waals surface area contributed by atoms with E-state index in [-0.39, 0.29) is 6.61 Å². The number of methoxy groups -OCH3 is 1. The second-order valence-corrected chi connectivity index (χ2v) is 4.91. The van der Waals surface area contributed by atoms with Crippen molar-refractivity contribution in [2.24, 2.45) is 0 Å². The van der Waals surface area contributed by atoms with E-state index in [2.05, 4.69) is 32.2 Å². The zero-order valence-corrected chi connectivity index (χ0v) is 12.3. The first-order valence-electron chi connectivity index (χ1n) is 6.64. The van der Waals surface area contributed by atoms with E-state index in [9.17, 15) is 5.11 Å². The number of hydrogen-bond acceptors (Lipinski definition) is 4. The average molecular weight is 267 g/mol. The van der Waals surface area contributed by atoms with E-state index in [1.165, 1.54) is 22.3 Å². The predicted octanol–water partition coefficient (Wildman–Crippen LogP) is 1.11. The van der Waals surface area contributed by atoms with Crippen molar-refractivity contribution in [3.63, 3.8) is 0 Å². The third-order valence-corrected chi connectivity index (χ3v) is 3.57. The maximum atomic E-state index is 9.25. The van der Waals surface area contributed by atoms with Gasteiger partial charge in [-0.1, -0.05) is 0 Å². The molecule has 1 aromatic carbocycles. The van der Waals surface area contributed by atoms with Crippen LogP contribution in [0.25, 0.3) is 0 Å². The molecule has 0 amide bonds. The standard InChI is InChI=1S/C15H25NO3/c1-10-7-15(19-4)12(3)11(2)14(10)5-6-16-8-13(18)9-17/h7,13,16-18H,5-6,8-9H2,1-4H3. The highest BCUT2D eigenvalue weighted by atomic mass is 16.5. The summed E-state index contributed by atoms with van der Waals surface area (Å²) in [5.41, 5.74) is 4.99. The summed E-state index contributed by atoms with van der Waals surface area (Å²) in [6, 6.07) is 2.07. The smallest absolute Gasteiger partial charge is 0.122 e. The minimum Gasteiger partial charge on any atom is -0.496 e. The Morgan fingerprint density at radius 2 is 1.95 bits per heavy atom. The van der Waals surface area contributed by atoms with Gasteiger partial charge in [-0.25, -0.2) is 0 Å². The Kier molecular flexibility index (Phi) is 6.28. The average Bonchev–Trinajstić information content (AvgIpc) is 2.41. The molecule has 0 saturated carbocycles. The molecule has 0 spiro atoms. The van der Waals surface area contributed by atoms with E-state index in [1.54, 1.807) is 7.11 Å². The van der Waals surface area contributed by atoms with Gasteiger partial charge in [0.2, 0.25) is 0 Å². The molecule has 4 nitrogen and oxygen atoms in total. The van der Waals surface area contributed by atoms with Crippen LogP contribution in [0.4, 0.5) is 0 Å². The van der Waals surface area contributed by atoms with Gasteiger partial charge in [-0.2, -0.15) is 0 Å². The molecule has 3 N–H and O–H groups in total. The summed E-state index contributed by atoms with van der Waals surface area (Å²) in [7, 11) is 1.69. The minimum absolute atomic E-state index is 0.202. The van der Waals surface area contributed by atoms with Crippen molar-refractivity contribution in [3.05, 3.63) is 28.3 Å². The summed E-state index contributed by atoms with van der Waals surface area (Å²) < 4.78 is 5.36. The molecule has 0 radical (unpaired) electrons. The molecule has 108 valence electrons. The van der Waals surface area contributed by atoms with Crippen molar-refractivity contribution in [1.82, 2.24) is 5.32 Å². The first-order chi connectivity index (χ1) is 9.01. The Morgan fingerprint density at radius 3 is 2.53 bits per heavy atom. The molecule has 0 aliphatic heterocycles. The van der Waals surface area contributed by atoms with Crippen LogP contribution in [0.2, 0.25) is 0 Å². The molecule has 0 aliphatic rings. The van der Waals surface area contributed by atoms with E-state index in [1.807, 2.05) is 0 Å². The fourth-order valence-electron chi connectivity index (χ4n) is 2.24. The molecule has 0 saturated heterocycles. The lowest BCUT2D eigenvalue weighted by molar-refractivity contribution is 0.0947. The van der Waals surface area contributed by atoms with Gasteiger partial charge in [0.1, 0.15) is 5.75 Å². The van der Waals surface area contributed by atoms with E-state index < -0.39 is 6.10 Å². The minimum atomic E-state index is -0.681. The van der Waals surface area contributed by atoms with Gasteiger partial charge in [0, 0.05) is 6.54 Å². The van der Waals surface area contributed by atoms with Crippen LogP contribution >= 0.6 is 0 Å². The maximum Gasteiger partial charge on any atom is 0.122 e. The van der Waals surface area contributed by atoms with E-state index in [0.717, 1.165) is 18.7 Å². The zero-order chi connectivity index (χ0) is 14.4. The predicted molar refractivity (Wildman–Crippen MR) is 76.9 cm³/mol.